The third-order valence-corrected chi connectivity index (χ3v) is 4.67. The van der Waals surface area contributed by atoms with Gasteiger partial charge >= 0.3 is 7.60 Å². The van der Waals surface area contributed by atoms with E-state index < -0.39 is 38.0 Å². The van der Waals surface area contributed by atoms with Crippen molar-refractivity contribution < 1.29 is 39.1 Å². The van der Waals surface area contributed by atoms with Crippen molar-refractivity contribution in [2.45, 2.75) is 30.4 Å². The van der Waals surface area contributed by atoms with Gasteiger partial charge in [0.05, 0.1) is 6.61 Å². The van der Waals surface area contributed by atoms with E-state index in [4.69, 9.17) is 15.9 Å². The van der Waals surface area contributed by atoms with E-state index in [9.17, 15) is 19.7 Å². The Bertz CT molecular complexity index is 674. The molecule has 2 heterocycles. The molecule has 8 N–H and O–H groups in total. The number of aliphatic hydroxyl groups excluding tert-OH is 4. The monoisotopic (exact) mass is 397 g/mol. The van der Waals surface area contributed by atoms with Gasteiger partial charge in [-0.1, -0.05) is 6.08 Å². The quantitative estimate of drug-likeness (QED) is 0.180. The van der Waals surface area contributed by atoms with Crippen LogP contribution in [0.5, 0.6) is 0 Å². The number of hydrogen-bond donors (Lipinski definition) is 7. The number of nitrogens with zero attached hydrogens (tertiary/aromatic N) is 1. The number of nitrogens with two attached hydrogens (primary N) is 1. The molecule has 3 unspecified atom stereocenters. The lowest BCUT2D eigenvalue weighted by atomic mass is 10.1. The second-order valence-corrected chi connectivity index (χ2v) is 7.17. The van der Waals surface area contributed by atoms with Gasteiger partial charge in [0, 0.05) is 6.20 Å². The van der Waals surface area contributed by atoms with Gasteiger partial charge < -0.3 is 45.3 Å². The van der Waals surface area contributed by atoms with Gasteiger partial charge in [-0.3, -0.25) is 4.57 Å². The highest BCUT2D eigenvalue weighted by Gasteiger charge is 2.51. The Morgan fingerprint density at radius 1 is 1.52 bits per heavy atom. The summed E-state index contributed by atoms with van der Waals surface area (Å²) in [4.78, 5) is 15.7. The molecule has 0 spiro atoms. The van der Waals surface area contributed by atoms with Gasteiger partial charge in [-0.25, -0.2) is 4.98 Å². The number of H-pyrrole nitrogens is 1. The van der Waals surface area contributed by atoms with Gasteiger partial charge in [0.1, 0.15) is 24.1 Å². The Hall–Kier alpha value is -1.21. The third-order valence-electron chi connectivity index (χ3n) is 2.98. The van der Waals surface area contributed by atoms with E-state index in [0.717, 1.165) is 0 Å². The summed E-state index contributed by atoms with van der Waals surface area (Å²) in [6.07, 6.45) is -3.93. The van der Waals surface area contributed by atoms with Crippen molar-refractivity contribution in [1.29, 1.82) is 0 Å². The number of ether oxygens (including phenoxy) is 1. The lowest BCUT2D eigenvalue weighted by Gasteiger charge is -2.24. The van der Waals surface area contributed by atoms with Crippen molar-refractivity contribution in [2.24, 2.45) is 0 Å². The van der Waals surface area contributed by atoms with Crippen LogP contribution < -0.4 is 5.73 Å². The molecule has 2 rings (SSSR count). The number of aromatic nitrogens is 2. The van der Waals surface area contributed by atoms with Crippen LogP contribution >= 0.6 is 19.8 Å². The number of nitrogens with one attached hydrogen (secondary N) is 1. The van der Waals surface area contributed by atoms with Crippen molar-refractivity contribution in [3.8, 4) is 0 Å². The minimum atomic E-state index is -4.46. The van der Waals surface area contributed by atoms with Crippen LogP contribution in [-0.2, 0) is 13.8 Å². The number of aliphatic hydroxyl groups is 4. The lowest BCUT2D eigenvalue weighted by molar-refractivity contribution is -0.138. The molecule has 1 aromatic rings. The Balaban J connectivity index is 0.000000324. The van der Waals surface area contributed by atoms with Gasteiger partial charge in [-0.2, -0.15) is 0 Å². The van der Waals surface area contributed by atoms with E-state index in [1.807, 2.05) is 0 Å². The Morgan fingerprint density at radius 2 is 2.16 bits per heavy atom. The van der Waals surface area contributed by atoms with E-state index >= 15 is 0 Å². The summed E-state index contributed by atoms with van der Waals surface area (Å²) in [5.74, 6) is -1.53. The SMILES string of the molecule is C=CCOP(=O)(O)C(O)[C@H]1OC(O)[C@@H](O)[C@@H]1O.Nc1ccnc(=S)[nH]1. The first-order chi connectivity index (χ1) is 11.6. The van der Waals surface area contributed by atoms with Crippen LogP contribution in [0.15, 0.2) is 24.9 Å². The zero-order valence-electron chi connectivity index (χ0n) is 12.9. The zero-order valence-corrected chi connectivity index (χ0v) is 14.6. The molecule has 0 aromatic carbocycles. The summed E-state index contributed by atoms with van der Waals surface area (Å²) in [5, 5.41) is 37.1. The van der Waals surface area contributed by atoms with Crippen LogP contribution in [0.4, 0.5) is 5.82 Å². The summed E-state index contributed by atoms with van der Waals surface area (Å²) in [6, 6.07) is 1.65. The fourth-order valence-corrected chi connectivity index (χ4v) is 3.00. The van der Waals surface area contributed by atoms with Crippen LogP contribution in [0, 0.1) is 4.77 Å². The number of aromatic amines is 1. The van der Waals surface area contributed by atoms with Crippen LogP contribution in [0.2, 0.25) is 0 Å². The van der Waals surface area contributed by atoms with Crippen molar-refractivity contribution in [3.63, 3.8) is 0 Å². The number of hydrogen-bond acceptors (Lipinski definition) is 10. The molecule has 1 aliphatic rings. The summed E-state index contributed by atoms with van der Waals surface area (Å²) in [5.41, 5.74) is 5.30. The molecule has 0 saturated carbocycles. The second-order valence-electron chi connectivity index (χ2n) is 4.86. The average Bonchev–Trinajstić information content (AvgIpc) is 2.80. The smallest absolute Gasteiger partial charge is 0.359 e. The molecule has 13 heteroatoms. The van der Waals surface area contributed by atoms with Crippen molar-refractivity contribution in [1.82, 2.24) is 9.97 Å². The molecule has 1 aromatic heterocycles. The van der Waals surface area contributed by atoms with Crippen LogP contribution in [0.1, 0.15) is 0 Å². The fourth-order valence-electron chi connectivity index (χ4n) is 1.74. The summed E-state index contributed by atoms with van der Waals surface area (Å²) < 4.78 is 21.0. The molecule has 25 heavy (non-hydrogen) atoms. The van der Waals surface area contributed by atoms with Gasteiger partial charge in [0.15, 0.2) is 16.9 Å². The highest BCUT2D eigenvalue weighted by Crippen LogP contribution is 2.49. The Kier molecular flexibility index (Phi) is 8.28. The van der Waals surface area contributed by atoms with E-state index in [1.54, 1.807) is 12.3 Å². The number of anilines is 1. The first kappa shape index (κ1) is 21.8. The topological polar surface area (TPSA) is 191 Å². The standard InChI is InChI=1S/C8H15O8P.C4H5N3S/c1-2-3-15-17(13,14)8(12)6-4(9)5(10)7(11)16-6;5-3-1-2-6-4(8)7-3/h2,4-12H,1,3H2,(H,13,14);1-2H,(H3,5,6,7,8)/t4-,5-,6-,7?,8?;/m0./s1. The predicted molar refractivity (Wildman–Crippen MR) is 88.7 cm³/mol. The van der Waals surface area contributed by atoms with Gasteiger partial charge in [0.2, 0.25) is 0 Å². The minimum absolute atomic E-state index is 0.279. The molecular weight excluding hydrogens is 377 g/mol. The van der Waals surface area contributed by atoms with E-state index in [0.29, 0.717) is 10.6 Å². The van der Waals surface area contributed by atoms with Crippen LogP contribution in [0.25, 0.3) is 0 Å². The van der Waals surface area contributed by atoms with Crippen molar-refractivity contribution in [2.75, 3.05) is 12.3 Å². The Labute approximate surface area is 147 Å². The average molecular weight is 397 g/mol. The van der Waals surface area contributed by atoms with Gasteiger partial charge in [-0.05, 0) is 18.3 Å². The summed E-state index contributed by atoms with van der Waals surface area (Å²) in [6.45, 7) is 2.98. The molecule has 0 radical (unpaired) electrons. The van der Waals surface area contributed by atoms with Crippen LogP contribution in [0.3, 0.4) is 0 Å². The molecule has 0 amide bonds. The van der Waals surface area contributed by atoms with E-state index in [-0.39, 0.29) is 6.61 Å². The largest absolute Gasteiger partial charge is 0.387 e. The second kappa shape index (κ2) is 9.48. The normalized spacial score (nSPS) is 29.2. The van der Waals surface area contributed by atoms with Crippen molar-refractivity contribution >= 4 is 25.6 Å². The molecule has 0 bridgehead atoms. The molecule has 1 saturated heterocycles. The van der Waals surface area contributed by atoms with Gasteiger partial charge in [0.25, 0.3) is 0 Å². The Morgan fingerprint density at radius 3 is 2.56 bits per heavy atom. The highest BCUT2D eigenvalue weighted by molar-refractivity contribution is 7.71. The first-order valence-electron chi connectivity index (χ1n) is 6.86. The number of rotatable bonds is 5. The molecule has 142 valence electrons. The maximum absolute atomic E-state index is 11.5. The lowest BCUT2D eigenvalue weighted by Crippen LogP contribution is -2.39. The van der Waals surface area contributed by atoms with Crippen LogP contribution in [-0.4, -0.2) is 72.3 Å². The summed E-state index contributed by atoms with van der Waals surface area (Å²) in [7, 11) is -4.46. The molecular formula is C12H20N3O8PS. The fraction of sp³-hybridized carbons (Fsp3) is 0.500. The predicted octanol–water partition coefficient (Wildman–Crippen LogP) is -1.15. The number of nitrogen functional groups attached to an aromatic ring is 1. The molecule has 11 nitrogen and oxygen atoms in total. The zero-order chi connectivity index (χ0) is 19.2. The van der Waals surface area contributed by atoms with E-state index in [2.05, 4.69) is 38.0 Å². The molecule has 1 fully saturated rings. The minimum Gasteiger partial charge on any atom is -0.387 e. The molecule has 0 aliphatic carbocycles. The maximum atomic E-state index is 11.5. The highest BCUT2D eigenvalue weighted by atomic mass is 32.1. The van der Waals surface area contributed by atoms with Crippen molar-refractivity contribution in [3.05, 3.63) is 29.7 Å². The molecule has 6 atom stereocenters. The summed E-state index contributed by atoms with van der Waals surface area (Å²) >= 11 is 4.65. The van der Waals surface area contributed by atoms with E-state index in [1.165, 1.54) is 6.08 Å². The first-order valence-corrected chi connectivity index (χ1v) is 8.92. The molecule has 1 aliphatic heterocycles. The van der Waals surface area contributed by atoms with Gasteiger partial charge in [-0.15, -0.1) is 6.58 Å². The third kappa shape index (κ3) is 6.22. The maximum Gasteiger partial charge on any atom is 0.359 e.